The first-order chi connectivity index (χ1) is 7.06. The highest BCUT2D eigenvalue weighted by Gasteiger charge is 2.22. The molecule has 1 amide bonds. The lowest BCUT2D eigenvalue weighted by Gasteiger charge is -2.17. The molecule has 0 radical (unpaired) electrons. The lowest BCUT2D eigenvalue weighted by atomic mass is 10.0. The summed E-state index contributed by atoms with van der Waals surface area (Å²) in [6, 6.07) is -0.0944. The molecular formula is C9H19N3O3. The van der Waals surface area contributed by atoms with Crippen LogP contribution in [0.5, 0.6) is 0 Å². The maximum Gasteiger partial charge on any atom is 0.231 e. The van der Waals surface area contributed by atoms with Gasteiger partial charge < -0.3 is 21.0 Å². The summed E-state index contributed by atoms with van der Waals surface area (Å²) in [6.45, 7) is 4.04. The number of oxime groups is 1. The molecule has 0 saturated carbocycles. The van der Waals surface area contributed by atoms with Crippen LogP contribution in [-0.4, -0.2) is 36.7 Å². The standard InChI is InChI=1S/C9H19N3O3/c1-4-7(8(10)12-14)9(13)11-6(2)5-15-3/h6-7,14H,4-5H2,1-3H3,(H2,10,12)(H,11,13). The highest BCUT2D eigenvalue weighted by Crippen LogP contribution is 2.03. The molecule has 2 unspecified atom stereocenters. The first-order valence-corrected chi connectivity index (χ1v) is 4.83. The van der Waals surface area contributed by atoms with E-state index in [0.29, 0.717) is 13.0 Å². The van der Waals surface area contributed by atoms with Crippen LogP contribution in [0.4, 0.5) is 0 Å². The number of nitrogens with zero attached hydrogens (tertiary/aromatic N) is 1. The first kappa shape index (κ1) is 13.7. The molecule has 0 aliphatic heterocycles. The number of methoxy groups -OCH3 is 1. The number of nitrogens with two attached hydrogens (primary N) is 1. The lowest BCUT2D eigenvalue weighted by Crippen LogP contribution is -2.43. The van der Waals surface area contributed by atoms with Gasteiger partial charge in [0, 0.05) is 13.2 Å². The van der Waals surface area contributed by atoms with Gasteiger partial charge in [0.1, 0.15) is 0 Å². The largest absolute Gasteiger partial charge is 0.409 e. The van der Waals surface area contributed by atoms with Crippen LogP contribution in [0, 0.1) is 5.92 Å². The van der Waals surface area contributed by atoms with Gasteiger partial charge in [0.15, 0.2) is 5.84 Å². The molecule has 6 heteroatoms. The van der Waals surface area contributed by atoms with Gasteiger partial charge in [-0.15, -0.1) is 0 Å². The van der Waals surface area contributed by atoms with Crippen molar-refractivity contribution in [3.8, 4) is 0 Å². The molecule has 4 N–H and O–H groups in total. The summed E-state index contributed by atoms with van der Waals surface area (Å²) in [5, 5.41) is 14.0. The van der Waals surface area contributed by atoms with Crippen molar-refractivity contribution < 1.29 is 14.7 Å². The molecule has 0 bridgehead atoms. The molecule has 0 aromatic rings. The fraction of sp³-hybridized carbons (Fsp3) is 0.778. The highest BCUT2D eigenvalue weighted by atomic mass is 16.5. The third-order valence-electron chi connectivity index (χ3n) is 2.00. The van der Waals surface area contributed by atoms with Gasteiger partial charge in [0.2, 0.25) is 5.91 Å². The quantitative estimate of drug-likeness (QED) is 0.251. The zero-order chi connectivity index (χ0) is 11.8. The van der Waals surface area contributed by atoms with E-state index in [-0.39, 0.29) is 17.8 Å². The van der Waals surface area contributed by atoms with Crippen molar-refractivity contribution in [1.82, 2.24) is 5.32 Å². The van der Waals surface area contributed by atoms with Crippen molar-refractivity contribution in [3.05, 3.63) is 0 Å². The predicted molar refractivity (Wildman–Crippen MR) is 56.7 cm³/mol. The summed E-state index contributed by atoms with van der Waals surface area (Å²) < 4.78 is 4.88. The SMILES string of the molecule is CCC(C(=O)NC(C)COC)C(N)=NO. The second-order valence-electron chi connectivity index (χ2n) is 3.35. The second kappa shape index (κ2) is 7.05. The Bertz CT molecular complexity index is 231. The molecule has 0 aromatic carbocycles. The minimum Gasteiger partial charge on any atom is -0.409 e. The Balaban J connectivity index is 4.28. The smallest absolute Gasteiger partial charge is 0.231 e. The molecule has 0 aromatic heterocycles. The molecular weight excluding hydrogens is 198 g/mol. The zero-order valence-corrected chi connectivity index (χ0v) is 9.36. The minimum atomic E-state index is -0.589. The topological polar surface area (TPSA) is 96.9 Å². The van der Waals surface area contributed by atoms with Crippen molar-refractivity contribution >= 4 is 11.7 Å². The van der Waals surface area contributed by atoms with E-state index >= 15 is 0 Å². The van der Waals surface area contributed by atoms with Crippen LogP contribution in [0.1, 0.15) is 20.3 Å². The van der Waals surface area contributed by atoms with Crippen LogP contribution in [0.15, 0.2) is 5.16 Å². The summed E-state index contributed by atoms with van der Waals surface area (Å²) in [7, 11) is 1.56. The van der Waals surface area contributed by atoms with Gasteiger partial charge >= 0.3 is 0 Å². The molecule has 0 spiro atoms. The van der Waals surface area contributed by atoms with Crippen molar-refractivity contribution in [2.45, 2.75) is 26.3 Å². The minimum absolute atomic E-state index is 0.0698. The fourth-order valence-corrected chi connectivity index (χ4v) is 1.23. The van der Waals surface area contributed by atoms with Crippen LogP contribution in [0.3, 0.4) is 0 Å². The summed E-state index contributed by atoms with van der Waals surface area (Å²) in [6.07, 6.45) is 0.488. The van der Waals surface area contributed by atoms with Gasteiger partial charge in [0.25, 0.3) is 0 Å². The molecule has 0 aliphatic rings. The highest BCUT2D eigenvalue weighted by molar-refractivity contribution is 6.02. The van der Waals surface area contributed by atoms with E-state index < -0.39 is 5.92 Å². The van der Waals surface area contributed by atoms with Gasteiger partial charge in [-0.25, -0.2) is 0 Å². The Labute approximate surface area is 89.5 Å². The molecule has 0 aliphatic carbocycles. The first-order valence-electron chi connectivity index (χ1n) is 4.83. The van der Waals surface area contributed by atoms with Crippen LogP contribution < -0.4 is 11.1 Å². The van der Waals surface area contributed by atoms with Gasteiger partial charge in [0.05, 0.1) is 12.5 Å². The number of amides is 1. The molecule has 2 atom stereocenters. The normalized spacial score (nSPS) is 15.8. The average Bonchev–Trinajstić information content (AvgIpc) is 2.18. The zero-order valence-electron chi connectivity index (χ0n) is 9.36. The van der Waals surface area contributed by atoms with Gasteiger partial charge in [-0.3, -0.25) is 4.79 Å². The molecule has 0 heterocycles. The summed E-state index contributed by atoms with van der Waals surface area (Å²) >= 11 is 0. The van der Waals surface area contributed by atoms with E-state index in [1.165, 1.54) is 0 Å². The molecule has 0 fully saturated rings. The summed E-state index contributed by atoms with van der Waals surface area (Å²) in [5.74, 6) is -0.911. The van der Waals surface area contributed by atoms with E-state index in [9.17, 15) is 4.79 Å². The van der Waals surface area contributed by atoms with Crippen molar-refractivity contribution in [2.24, 2.45) is 16.8 Å². The average molecular weight is 217 g/mol. The summed E-state index contributed by atoms with van der Waals surface area (Å²) in [4.78, 5) is 11.6. The Hall–Kier alpha value is -1.30. The number of carbonyl (C=O) groups excluding carboxylic acids is 1. The molecule has 0 rings (SSSR count). The van der Waals surface area contributed by atoms with Crippen LogP contribution in [0.2, 0.25) is 0 Å². The van der Waals surface area contributed by atoms with Crippen molar-refractivity contribution in [2.75, 3.05) is 13.7 Å². The molecule has 88 valence electrons. The Morgan fingerprint density at radius 2 is 2.27 bits per heavy atom. The Morgan fingerprint density at radius 1 is 1.67 bits per heavy atom. The number of hydrogen-bond donors (Lipinski definition) is 3. The molecule has 6 nitrogen and oxygen atoms in total. The van der Waals surface area contributed by atoms with Crippen molar-refractivity contribution in [3.63, 3.8) is 0 Å². The number of ether oxygens (including phenoxy) is 1. The third kappa shape index (κ3) is 4.64. The molecule has 0 saturated heterocycles. The van der Waals surface area contributed by atoms with E-state index in [2.05, 4.69) is 10.5 Å². The van der Waals surface area contributed by atoms with Crippen molar-refractivity contribution in [1.29, 1.82) is 0 Å². The van der Waals surface area contributed by atoms with E-state index in [1.807, 2.05) is 6.92 Å². The predicted octanol–water partition coefficient (Wildman–Crippen LogP) is -0.0899. The van der Waals surface area contributed by atoms with Gasteiger partial charge in [-0.1, -0.05) is 12.1 Å². The second-order valence-corrected chi connectivity index (χ2v) is 3.35. The maximum absolute atomic E-state index is 11.6. The van der Waals surface area contributed by atoms with E-state index in [1.54, 1.807) is 14.0 Å². The molecule has 15 heavy (non-hydrogen) atoms. The van der Waals surface area contributed by atoms with Gasteiger partial charge in [-0.2, -0.15) is 0 Å². The Kier molecular flexibility index (Phi) is 6.44. The number of hydrogen-bond acceptors (Lipinski definition) is 4. The van der Waals surface area contributed by atoms with E-state index in [4.69, 9.17) is 15.7 Å². The number of nitrogens with one attached hydrogen (secondary N) is 1. The Morgan fingerprint density at radius 3 is 2.67 bits per heavy atom. The maximum atomic E-state index is 11.6. The van der Waals surface area contributed by atoms with E-state index in [0.717, 1.165) is 0 Å². The van der Waals surface area contributed by atoms with Crippen LogP contribution in [-0.2, 0) is 9.53 Å². The number of rotatable bonds is 6. The number of amidine groups is 1. The number of carbonyl (C=O) groups is 1. The third-order valence-corrected chi connectivity index (χ3v) is 2.00. The lowest BCUT2D eigenvalue weighted by molar-refractivity contribution is -0.124. The van der Waals surface area contributed by atoms with Crippen LogP contribution >= 0.6 is 0 Å². The van der Waals surface area contributed by atoms with Gasteiger partial charge in [-0.05, 0) is 13.3 Å². The fourth-order valence-electron chi connectivity index (χ4n) is 1.23. The monoisotopic (exact) mass is 217 g/mol. The summed E-state index contributed by atoms with van der Waals surface area (Å²) in [5.41, 5.74) is 5.39. The van der Waals surface area contributed by atoms with Crippen LogP contribution in [0.25, 0.3) is 0 Å².